The molecule has 6 atom stereocenters. The largest absolute Gasteiger partial charge is 0.377 e. The van der Waals surface area contributed by atoms with E-state index in [1.165, 1.54) is 12.0 Å². The molecule has 3 heteroatoms. The molecule has 3 saturated carbocycles. The molecule has 1 unspecified atom stereocenters. The molecule has 0 aromatic carbocycles. The van der Waals surface area contributed by atoms with Crippen molar-refractivity contribution in [2.75, 3.05) is 0 Å². The Labute approximate surface area is 153 Å². The quantitative estimate of drug-likeness (QED) is 0.613. The maximum absolute atomic E-state index is 11.9. The lowest BCUT2D eigenvalue weighted by Gasteiger charge is -2.58. The molecule has 4 aliphatic rings. The number of halogens is 1. The normalized spacial score (nSPS) is 50.1. The van der Waals surface area contributed by atoms with Crippen molar-refractivity contribution in [1.29, 1.82) is 0 Å². The predicted molar refractivity (Wildman–Crippen MR) is 98.4 cm³/mol. The third-order valence-electron chi connectivity index (χ3n) is 8.37. The van der Waals surface area contributed by atoms with Crippen LogP contribution in [0.2, 0.25) is 0 Å². The van der Waals surface area contributed by atoms with Gasteiger partial charge in [0.2, 0.25) is 0 Å². The number of aliphatic hydroxyl groups is 1. The van der Waals surface area contributed by atoms with Crippen LogP contribution in [0.25, 0.3) is 0 Å². The summed E-state index contributed by atoms with van der Waals surface area (Å²) in [5.41, 5.74) is 0.694. The summed E-state index contributed by atoms with van der Waals surface area (Å²) in [6.07, 6.45) is 10.0. The summed E-state index contributed by atoms with van der Waals surface area (Å²) in [5, 5.41) is 11.2. The fourth-order valence-corrected chi connectivity index (χ4v) is 7.19. The maximum atomic E-state index is 11.9. The van der Waals surface area contributed by atoms with Gasteiger partial charge in [0, 0.05) is 27.8 Å². The van der Waals surface area contributed by atoms with Crippen molar-refractivity contribution in [3.63, 3.8) is 0 Å². The molecular formula is C21H27BrO2. The van der Waals surface area contributed by atoms with Crippen LogP contribution >= 0.6 is 15.9 Å². The summed E-state index contributed by atoms with van der Waals surface area (Å²) in [6, 6.07) is 0. The molecule has 3 fully saturated rings. The van der Waals surface area contributed by atoms with Gasteiger partial charge in [0.15, 0.2) is 5.78 Å². The highest BCUT2D eigenvalue weighted by atomic mass is 79.9. The molecular weight excluding hydrogens is 364 g/mol. The second-order valence-corrected chi connectivity index (χ2v) is 9.44. The molecule has 2 nitrogen and oxygen atoms in total. The molecule has 24 heavy (non-hydrogen) atoms. The molecule has 0 aliphatic heterocycles. The second kappa shape index (κ2) is 5.45. The minimum atomic E-state index is -0.842. The highest BCUT2D eigenvalue weighted by Crippen LogP contribution is 2.67. The van der Waals surface area contributed by atoms with Crippen LogP contribution < -0.4 is 0 Å². The second-order valence-electron chi connectivity index (χ2n) is 9.04. The van der Waals surface area contributed by atoms with Crippen molar-refractivity contribution >= 4 is 21.7 Å². The van der Waals surface area contributed by atoms with Gasteiger partial charge in [-0.3, -0.25) is 4.79 Å². The van der Waals surface area contributed by atoms with Gasteiger partial charge >= 0.3 is 0 Å². The minimum absolute atomic E-state index is 0.0863. The smallest absolute Gasteiger partial charge is 0.155 e. The van der Waals surface area contributed by atoms with Gasteiger partial charge in [-0.15, -0.1) is 0 Å². The zero-order valence-corrected chi connectivity index (χ0v) is 16.3. The number of hydrogen-bond acceptors (Lipinski definition) is 2. The third-order valence-corrected chi connectivity index (χ3v) is 8.57. The monoisotopic (exact) mass is 390 g/mol. The topological polar surface area (TPSA) is 37.3 Å². The highest BCUT2D eigenvalue weighted by Gasteiger charge is 2.63. The van der Waals surface area contributed by atoms with Crippen LogP contribution in [0, 0.1) is 39.3 Å². The zero-order chi connectivity index (χ0) is 17.2. The molecule has 1 N–H and O–H groups in total. The van der Waals surface area contributed by atoms with Crippen LogP contribution in [0.1, 0.15) is 65.2 Å². The van der Waals surface area contributed by atoms with Gasteiger partial charge in [-0.25, -0.2) is 0 Å². The van der Waals surface area contributed by atoms with Crippen LogP contribution in [0.3, 0.4) is 0 Å². The van der Waals surface area contributed by atoms with E-state index >= 15 is 0 Å². The van der Waals surface area contributed by atoms with Crippen molar-refractivity contribution in [3.8, 4) is 10.8 Å². The van der Waals surface area contributed by atoms with Gasteiger partial charge in [0.05, 0.1) is 0 Å². The van der Waals surface area contributed by atoms with Gasteiger partial charge in [-0.2, -0.15) is 0 Å². The first-order valence-electron chi connectivity index (χ1n) is 9.43. The average Bonchev–Trinajstić information content (AvgIpc) is 2.80. The summed E-state index contributed by atoms with van der Waals surface area (Å²) < 4.78 is 0. The molecule has 4 aliphatic carbocycles. The highest BCUT2D eigenvalue weighted by molar-refractivity contribution is 9.12. The molecule has 0 amide bonds. The summed E-state index contributed by atoms with van der Waals surface area (Å²) in [5.74, 6) is 5.32. The van der Waals surface area contributed by atoms with Crippen molar-refractivity contribution in [1.82, 2.24) is 0 Å². The number of allylic oxidation sites excluding steroid dienone is 1. The van der Waals surface area contributed by atoms with Gasteiger partial charge in [0.1, 0.15) is 5.60 Å². The molecule has 130 valence electrons. The lowest BCUT2D eigenvalue weighted by atomic mass is 9.46. The van der Waals surface area contributed by atoms with Crippen molar-refractivity contribution in [3.05, 3.63) is 11.6 Å². The Balaban J connectivity index is 1.69. The van der Waals surface area contributed by atoms with Gasteiger partial charge in [-0.1, -0.05) is 25.3 Å². The summed E-state index contributed by atoms with van der Waals surface area (Å²) in [7, 11) is 0. The maximum Gasteiger partial charge on any atom is 0.155 e. The van der Waals surface area contributed by atoms with Gasteiger partial charge in [0.25, 0.3) is 0 Å². The first-order valence-corrected chi connectivity index (χ1v) is 10.2. The number of ketones is 1. The summed E-state index contributed by atoms with van der Waals surface area (Å²) in [6.45, 7) is 4.68. The van der Waals surface area contributed by atoms with Crippen LogP contribution in [-0.2, 0) is 4.79 Å². The molecule has 0 saturated heterocycles. The summed E-state index contributed by atoms with van der Waals surface area (Å²) in [4.78, 5) is 14.7. The molecule has 4 rings (SSSR count). The Morgan fingerprint density at radius 1 is 1.12 bits per heavy atom. The SMILES string of the molecule is C[C@]12CCC(=O)C=C1CC[C@@H]1[C@H]2CC[C@@]2(C)[C@H]1CCC2(O)C#CBr. The van der Waals surface area contributed by atoms with E-state index in [0.29, 0.717) is 30.0 Å². The predicted octanol–water partition coefficient (Wildman–Crippen LogP) is 4.61. The van der Waals surface area contributed by atoms with Crippen LogP contribution in [-0.4, -0.2) is 16.5 Å². The van der Waals surface area contributed by atoms with E-state index in [0.717, 1.165) is 38.5 Å². The van der Waals surface area contributed by atoms with E-state index in [-0.39, 0.29) is 10.8 Å². The molecule has 0 heterocycles. The Hall–Kier alpha value is -0.590. The standard InChI is InChI=1S/C21H27BrO2/c1-19-8-5-15(23)13-14(19)3-4-16-17(19)6-9-20(2)18(16)7-10-21(20,24)11-12-22/h13,16-18,24H,3-10H2,1-2H3/t16-,17-,18+,19+,20+,21?/m1/s1. The van der Waals surface area contributed by atoms with E-state index in [1.54, 1.807) is 0 Å². The molecule has 0 spiro atoms. The molecule has 0 aromatic heterocycles. The average molecular weight is 391 g/mol. The van der Waals surface area contributed by atoms with Gasteiger partial charge < -0.3 is 5.11 Å². The van der Waals surface area contributed by atoms with E-state index in [1.807, 2.05) is 6.08 Å². The molecule has 0 radical (unpaired) electrons. The Morgan fingerprint density at radius 2 is 1.88 bits per heavy atom. The Kier molecular flexibility index (Phi) is 3.83. The van der Waals surface area contributed by atoms with Crippen molar-refractivity contribution in [2.24, 2.45) is 28.6 Å². The first kappa shape index (κ1) is 16.9. The van der Waals surface area contributed by atoms with Crippen molar-refractivity contribution < 1.29 is 9.90 Å². The van der Waals surface area contributed by atoms with Gasteiger partial charge in [-0.05, 0) is 79.0 Å². The van der Waals surface area contributed by atoms with E-state index in [9.17, 15) is 9.90 Å². The lowest BCUT2D eigenvalue weighted by Crippen LogP contribution is -2.54. The third kappa shape index (κ3) is 2.08. The number of carbonyl (C=O) groups is 1. The fourth-order valence-electron chi connectivity index (χ4n) is 6.86. The van der Waals surface area contributed by atoms with Crippen molar-refractivity contribution in [2.45, 2.75) is 70.8 Å². The minimum Gasteiger partial charge on any atom is -0.377 e. The number of carbonyl (C=O) groups excluding carboxylic acids is 1. The Bertz CT molecular complexity index is 671. The number of rotatable bonds is 0. The van der Waals surface area contributed by atoms with E-state index in [4.69, 9.17) is 0 Å². The fraction of sp³-hybridized carbons (Fsp3) is 0.762. The zero-order valence-electron chi connectivity index (χ0n) is 14.7. The van der Waals surface area contributed by atoms with E-state index in [2.05, 4.69) is 40.5 Å². The molecule has 0 bridgehead atoms. The first-order chi connectivity index (χ1) is 11.3. The Morgan fingerprint density at radius 3 is 2.62 bits per heavy atom. The van der Waals surface area contributed by atoms with E-state index < -0.39 is 5.60 Å². The number of fused-ring (bicyclic) bond motifs is 5. The lowest BCUT2D eigenvalue weighted by molar-refractivity contribution is -0.119. The summed E-state index contributed by atoms with van der Waals surface area (Å²) >= 11 is 3.20. The van der Waals surface area contributed by atoms with Crippen LogP contribution in [0.15, 0.2) is 11.6 Å². The number of hydrogen-bond donors (Lipinski definition) is 1. The van der Waals surface area contributed by atoms with Crippen LogP contribution in [0.5, 0.6) is 0 Å². The molecule has 0 aromatic rings. The van der Waals surface area contributed by atoms with Crippen LogP contribution in [0.4, 0.5) is 0 Å².